The van der Waals surface area contributed by atoms with Crippen LogP contribution >= 0.6 is 0 Å². The van der Waals surface area contributed by atoms with Gasteiger partial charge in [0.05, 0.1) is 19.1 Å². The molecule has 1 rings (SSSR count). The third kappa shape index (κ3) is 4.98. The Labute approximate surface area is 116 Å². The summed E-state index contributed by atoms with van der Waals surface area (Å²) >= 11 is 0. The van der Waals surface area contributed by atoms with Gasteiger partial charge in [0.1, 0.15) is 12.0 Å². The summed E-state index contributed by atoms with van der Waals surface area (Å²) in [5, 5.41) is 27.6. The first-order chi connectivity index (χ1) is 9.85. The topological polar surface area (TPSA) is 166 Å². The van der Waals surface area contributed by atoms with Crippen molar-refractivity contribution >= 4 is 23.9 Å². The van der Waals surface area contributed by atoms with Gasteiger partial charge < -0.3 is 15.3 Å². The molecule has 0 bridgehead atoms. The van der Waals surface area contributed by atoms with E-state index in [2.05, 4.69) is 19.6 Å². The standard InChI is InChI=1S/C10H12O11/c11-3-5(12)9(16)4-1-6(13)18-19-7(14)2-8(15)20-21-10(4)17/h4-5,9,11-12,16H,1-3H2. The normalized spacial score (nSPS) is 23.9. The fourth-order valence-corrected chi connectivity index (χ4v) is 1.35. The SMILES string of the molecule is O=C1CC(=O)OOC(=O)C(C(O)C(O)CO)CC(=O)OO1. The van der Waals surface area contributed by atoms with Gasteiger partial charge >= 0.3 is 23.9 Å². The summed E-state index contributed by atoms with van der Waals surface area (Å²) < 4.78 is 0. The average molecular weight is 308 g/mol. The van der Waals surface area contributed by atoms with Crippen molar-refractivity contribution in [3.63, 3.8) is 0 Å². The second-order valence-electron chi connectivity index (χ2n) is 4.00. The molecule has 0 aromatic heterocycles. The summed E-state index contributed by atoms with van der Waals surface area (Å²) in [5.41, 5.74) is 0. The molecule has 0 saturated carbocycles. The molecule has 0 aromatic rings. The van der Waals surface area contributed by atoms with Gasteiger partial charge in [-0.2, -0.15) is 0 Å². The number of hydrogen-bond acceptors (Lipinski definition) is 11. The smallest absolute Gasteiger partial charge is 0.366 e. The molecule has 1 fully saturated rings. The summed E-state index contributed by atoms with van der Waals surface area (Å²) in [6, 6.07) is 0. The Hall–Kier alpha value is -2.24. The van der Waals surface area contributed by atoms with Crippen LogP contribution in [0.4, 0.5) is 0 Å². The van der Waals surface area contributed by atoms with Crippen LogP contribution < -0.4 is 0 Å². The lowest BCUT2D eigenvalue weighted by Gasteiger charge is -2.22. The molecule has 1 aliphatic rings. The number of rotatable bonds is 3. The van der Waals surface area contributed by atoms with Gasteiger partial charge in [-0.1, -0.05) is 0 Å². The zero-order chi connectivity index (χ0) is 16.0. The molecule has 0 radical (unpaired) electrons. The van der Waals surface area contributed by atoms with Crippen LogP contribution in [0.25, 0.3) is 0 Å². The highest BCUT2D eigenvalue weighted by Crippen LogP contribution is 2.17. The van der Waals surface area contributed by atoms with Gasteiger partial charge in [0.15, 0.2) is 6.42 Å². The minimum absolute atomic E-state index is 0.859. The van der Waals surface area contributed by atoms with Gasteiger partial charge in [-0.15, -0.1) is 0 Å². The fourth-order valence-electron chi connectivity index (χ4n) is 1.35. The van der Waals surface area contributed by atoms with Crippen LogP contribution in [-0.2, 0) is 38.7 Å². The molecular weight excluding hydrogens is 296 g/mol. The van der Waals surface area contributed by atoms with Crippen LogP contribution in [0.1, 0.15) is 12.8 Å². The molecule has 0 aliphatic carbocycles. The van der Waals surface area contributed by atoms with Crippen LogP contribution in [0.15, 0.2) is 0 Å². The first-order valence-electron chi connectivity index (χ1n) is 5.63. The third-order valence-electron chi connectivity index (χ3n) is 2.42. The third-order valence-corrected chi connectivity index (χ3v) is 2.42. The molecule has 1 aliphatic heterocycles. The molecule has 0 aromatic carbocycles. The monoisotopic (exact) mass is 308 g/mol. The van der Waals surface area contributed by atoms with Crippen molar-refractivity contribution in [2.24, 2.45) is 5.92 Å². The van der Waals surface area contributed by atoms with E-state index in [9.17, 15) is 29.4 Å². The maximum atomic E-state index is 11.6. The van der Waals surface area contributed by atoms with Crippen molar-refractivity contribution in [1.29, 1.82) is 0 Å². The molecule has 11 nitrogen and oxygen atoms in total. The highest BCUT2D eigenvalue weighted by atomic mass is 17.2. The van der Waals surface area contributed by atoms with E-state index in [1.54, 1.807) is 0 Å². The highest BCUT2D eigenvalue weighted by Gasteiger charge is 2.38. The van der Waals surface area contributed by atoms with Crippen LogP contribution in [0.2, 0.25) is 0 Å². The Morgan fingerprint density at radius 1 is 0.952 bits per heavy atom. The van der Waals surface area contributed by atoms with E-state index in [0.29, 0.717) is 0 Å². The minimum atomic E-state index is -1.91. The van der Waals surface area contributed by atoms with Gasteiger partial charge in [-0.25, -0.2) is 38.7 Å². The summed E-state index contributed by atoms with van der Waals surface area (Å²) in [4.78, 5) is 60.9. The first kappa shape index (κ1) is 16.8. The summed E-state index contributed by atoms with van der Waals surface area (Å²) in [6.07, 6.45) is -5.52. The Kier molecular flexibility index (Phi) is 6.02. The van der Waals surface area contributed by atoms with Crippen LogP contribution in [0.3, 0.4) is 0 Å². The van der Waals surface area contributed by atoms with Crippen LogP contribution in [0.5, 0.6) is 0 Å². The number of aliphatic hydroxyl groups is 3. The number of carbonyl (C=O) groups is 4. The minimum Gasteiger partial charge on any atom is -0.394 e. The second kappa shape index (κ2) is 7.52. The summed E-state index contributed by atoms with van der Waals surface area (Å²) in [7, 11) is 0. The van der Waals surface area contributed by atoms with Crippen molar-refractivity contribution in [3.05, 3.63) is 0 Å². The Balaban J connectivity index is 2.89. The predicted molar refractivity (Wildman–Crippen MR) is 56.2 cm³/mol. The van der Waals surface area contributed by atoms with Crippen LogP contribution in [-0.4, -0.2) is 58.0 Å². The van der Waals surface area contributed by atoms with Gasteiger partial charge in [0.2, 0.25) is 0 Å². The summed E-state index contributed by atoms with van der Waals surface area (Å²) in [6.45, 7) is -0.908. The number of hydrogen-bond donors (Lipinski definition) is 3. The number of aliphatic hydroxyl groups excluding tert-OH is 3. The molecule has 118 valence electrons. The largest absolute Gasteiger partial charge is 0.394 e. The highest BCUT2D eigenvalue weighted by molar-refractivity contribution is 5.91. The van der Waals surface area contributed by atoms with Gasteiger partial charge in [-0.3, -0.25) is 0 Å². The van der Waals surface area contributed by atoms with E-state index < -0.39 is 61.5 Å². The molecule has 3 N–H and O–H groups in total. The summed E-state index contributed by atoms with van der Waals surface area (Å²) in [5.74, 6) is -6.91. The zero-order valence-electron chi connectivity index (χ0n) is 10.5. The molecule has 1 saturated heterocycles. The number of carbonyl (C=O) groups excluding carboxylic acids is 4. The van der Waals surface area contributed by atoms with Crippen molar-refractivity contribution in [2.75, 3.05) is 6.61 Å². The Bertz CT molecular complexity index is 431. The van der Waals surface area contributed by atoms with E-state index in [4.69, 9.17) is 5.11 Å². The van der Waals surface area contributed by atoms with E-state index in [1.807, 2.05) is 0 Å². The van der Waals surface area contributed by atoms with Crippen molar-refractivity contribution in [2.45, 2.75) is 25.0 Å². The Morgan fingerprint density at radius 3 is 2.05 bits per heavy atom. The van der Waals surface area contributed by atoms with Gasteiger partial charge in [-0.05, 0) is 0 Å². The predicted octanol–water partition coefficient (Wildman–Crippen LogP) is -2.89. The van der Waals surface area contributed by atoms with Crippen LogP contribution in [0, 0.1) is 5.92 Å². The first-order valence-corrected chi connectivity index (χ1v) is 5.63. The van der Waals surface area contributed by atoms with Gasteiger partial charge in [0.25, 0.3) is 0 Å². The molecule has 1 heterocycles. The lowest BCUT2D eigenvalue weighted by molar-refractivity contribution is -0.266. The van der Waals surface area contributed by atoms with Gasteiger partial charge in [0, 0.05) is 0 Å². The average Bonchev–Trinajstić information content (AvgIpc) is 2.47. The van der Waals surface area contributed by atoms with E-state index >= 15 is 0 Å². The molecule has 3 atom stereocenters. The zero-order valence-corrected chi connectivity index (χ0v) is 10.5. The molecule has 11 heteroatoms. The quantitative estimate of drug-likeness (QED) is 0.362. The Morgan fingerprint density at radius 2 is 1.48 bits per heavy atom. The molecule has 21 heavy (non-hydrogen) atoms. The maximum Gasteiger partial charge on any atom is 0.366 e. The fraction of sp³-hybridized carbons (Fsp3) is 0.600. The molecule has 3 unspecified atom stereocenters. The van der Waals surface area contributed by atoms with Crippen molar-refractivity contribution in [3.8, 4) is 0 Å². The molecule has 0 amide bonds. The van der Waals surface area contributed by atoms with Crippen molar-refractivity contribution < 1.29 is 54.0 Å². The second-order valence-corrected chi connectivity index (χ2v) is 4.00. The molecular formula is C10H12O11. The van der Waals surface area contributed by atoms with E-state index in [1.165, 1.54) is 0 Å². The lowest BCUT2D eigenvalue weighted by Crippen LogP contribution is -2.41. The molecule has 0 spiro atoms. The van der Waals surface area contributed by atoms with E-state index in [-0.39, 0.29) is 0 Å². The van der Waals surface area contributed by atoms with Crippen molar-refractivity contribution in [1.82, 2.24) is 0 Å². The maximum absolute atomic E-state index is 11.6. The van der Waals surface area contributed by atoms with E-state index in [0.717, 1.165) is 0 Å². The lowest BCUT2D eigenvalue weighted by atomic mass is 9.95.